The Morgan fingerprint density at radius 2 is 0.610 bits per heavy atom. The molecular formula is C133H100N10O3. The lowest BCUT2D eigenvalue weighted by atomic mass is 9.62. The van der Waals surface area contributed by atoms with Gasteiger partial charge >= 0.3 is 0 Å². The van der Waals surface area contributed by atoms with E-state index >= 15 is 0 Å². The van der Waals surface area contributed by atoms with E-state index in [1.807, 2.05) is 152 Å². The predicted molar refractivity (Wildman–Crippen MR) is 591 cm³/mol. The molecule has 146 heavy (non-hydrogen) atoms. The molecule has 4 aliphatic rings. The first-order valence-electron chi connectivity index (χ1n) is 50.5. The van der Waals surface area contributed by atoms with E-state index in [1.165, 1.54) is 116 Å². The van der Waals surface area contributed by atoms with Crippen LogP contribution < -0.4 is 0 Å². The summed E-state index contributed by atoms with van der Waals surface area (Å²) in [6.07, 6.45) is 1.77. The van der Waals surface area contributed by atoms with Crippen LogP contribution in [0.1, 0.15) is 119 Å². The molecule has 28 rings (SSSR count). The summed E-state index contributed by atoms with van der Waals surface area (Å²) in [5, 5.41) is 6.76. The van der Waals surface area contributed by atoms with Crippen LogP contribution in [0.15, 0.2) is 420 Å². The Labute approximate surface area is 846 Å². The third kappa shape index (κ3) is 13.9. The van der Waals surface area contributed by atoms with Crippen molar-refractivity contribution in [3.8, 4) is 158 Å². The number of fused-ring (bicyclic) bond motifs is 24. The molecule has 0 saturated carbocycles. The molecule has 24 aromatic rings. The number of hydrogen-bond donors (Lipinski definition) is 0. The van der Waals surface area contributed by atoms with Gasteiger partial charge in [-0.15, -0.1) is 0 Å². The fourth-order valence-electron chi connectivity index (χ4n) is 24.5. The Morgan fingerprint density at radius 1 is 0.226 bits per heavy atom. The van der Waals surface area contributed by atoms with Crippen LogP contribution in [-0.2, 0) is 21.7 Å². The van der Waals surface area contributed by atoms with Crippen molar-refractivity contribution in [3.05, 3.63) is 457 Å². The lowest BCUT2D eigenvalue weighted by Gasteiger charge is -2.40. The highest BCUT2D eigenvalue weighted by atomic mass is 16.3. The number of nitrogens with zero attached hydrogens (tertiary/aromatic N) is 10. The molecule has 7 heterocycles. The van der Waals surface area contributed by atoms with Crippen molar-refractivity contribution < 1.29 is 13.3 Å². The van der Waals surface area contributed by atoms with Crippen LogP contribution in [0.4, 0.5) is 0 Å². The molecule has 0 N–H and O–H groups in total. The number of rotatable bonds is 14. The third-order valence-corrected chi connectivity index (χ3v) is 31.6. The molecule has 13 nitrogen and oxygen atoms in total. The molecule has 0 bridgehead atoms. The zero-order valence-corrected chi connectivity index (χ0v) is 82.6. The average molecular weight is 1890 g/mol. The standard InChI is InChI=1S/C50H35N3O.C44H33N3O.C39H32N4O/c1-49(2)38-23-13-10-20-33(38)34-27-26-31(28-40(34)49)47-51-46(30-16-6-4-7-17-30)52-48(53-47)37-29-41-43(44-36-22-12-15-25-42(36)54-45(37)44)35-21-11-14-24-39(35)50(41,3)32-18-8-5-9-19-32;1-27(2)44(3)35-25-26-37-39(33-17-10-11-20-36(33)48-37)38(35)34-19-12-18-32(40(34)44)28-21-23-31(24-22-28)43-46-41(29-13-6-4-7-14-29)45-42(47-43)30-15-8-5-9-16-30;1-23(2)39(24(3)4)29-18-10-8-16-26(29)33-30(39)22-28(35-34(33)27-17-9-11-20-32(27)44-35)37-41-36(25-14-6-5-7-15-25)42-38(43-37)31-19-12-13-21-40-31/h4-29H,1-3H3;4-27H,1-3H3;5-24H,1-4H3. The predicted octanol–water partition coefficient (Wildman–Crippen LogP) is 33.5. The number of hydrogen-bond acceptors (Lipinski definition) is 13. The largest absolute Gasteiger partial charge is 0.456 e. The van der Waals surface area contributed by atoms with E-state index in [-0.39, 0.29) is 16.2 Å². The van der Waals surface area contributed by atoms with E-state index in [2.05, 4.69) is 323 Å². The molecule has 0 saturated heterocycles. The first kappa shape index (κ1) is 88.5. The monoisotopic (exact) mass is 1880 g/mol. The number of para-hydroxylation sites is 3. The highest BCUT2D eigenvalue weighted by Gasteiger charge is 2.51. The van der Waals surface area contributed by atoms with E-state index in [1.54, 1.807) is 6.20 Å². The van der Waals surface area contributed by atoms with Gasteiger partial charge in [-0.3, -0.25) is 4.98 Å². The van der Waals surface area contributed by atoms with E-state index in [0.29, 0.717) is 75.9 Å². The van der Waals surface area contributed by atoms with Gasteiger partial charge in [0.15, 0.2) is 52.4 Å². The summed E-state index contributed by atoms with van der Waals surface area (Å²) in [6, 6.07) is 140. The lowest BCUT2D eigenvalue weighted by molar-refractivity contribution is 0.280. The summed E-state index contributed by atoms with van der Waals surface area (Å²) < 4.78 is 20.0. The van der Waals surface area contributed by atoms with Crippen LogP contribution >= 0.6 is 0 Å². The van der Waals surface area contributed by atoms with Gasteiger partial charge < -0.3 is 13.3 Å². The molecule has 700 valence electrons. The van der Waals surface area contributed by atoms with Crippen LogP contribution in [0, 0.1) is 17.8 Å². The van der Waals surface area contributed by atoms with Gasteiger partial charge in [-0.1, -0.05) is 408 Å². The van der Waals surface area contributed by atoms with Gasteiger partial charge in [0.2, 0.25) is 0 Å². The van der Waals surface area contributed by atoms with Crippen molar-refractivity contribution in [2.75, 3.05) is 0 Å². The van der Waals surface area contributed by atoms with Crippen LogP contribution in [0.3, 0.4) is 0 Å². The first-order chi connectivity index (χ1) is 71.4. The average Bonchev–Trinajstić information content (AvgIpc) is 1.52. The normalized spacial score (nSPS) is 15.1. The molecule has 0 spiro atoms. The fraction of sp³-hybridized carbons (Fsp3) is 0.128. The number of furan rings is 3. The second-order valence-electron chi connectivity index (χ2n) is 40.7. The minimum atomic E-state index is -0.423. The molecular weight excluding hydrogens is 1790 g/mol. The van der Waals surface area contributed by atoms with E-state index < -0.39 is 5.41 Å². The highest BCUT2D eigenvalue weighted by Crippen LogP contribution is 2.64. The number of pyridine rings is 1. The summed E-state index contributed by atoms with van der Waals surface area (Å²) in [7, 11) is 0. The summed E-state index contributed by atoms with van der Waals surface area (Å²) in [5.74, 6) is 6.57. The molecule has 4 aliphatic carbocycles. The molecule has 0 radical (unpaired) electrons. The zero-order valence-electron chi connectivity index (χ0n) is 82.6. The van der Waals surface area contributed by atoms with Crippen molar-refractivity contribution in [1.29, 1.82) is 0 Å². The first-order valence-corrected chi connectivity index (χ1v) is 50.5. The summed E-state index contributed by atoms with van der Waals surface area (Å²) in [4.78, 5) is 50.3. The van der Waals surface area contributed by atoms with E-state index in [9.17, 15) is 0 Å². The van der Waals surface area contributed by atoms with Crippen molar-refractivity contribution in [2.45, 2.75) is 90.9 Å². The SMILES string of the molecule is CC(C)C1(C(C)C)c2ccccc2-c2c1cc(-c1nc(-c3ccccc3)nc(-c3ccccn3)n1)c1oc3ccccc3c21.CC(C)C1(C)c2ccc3oc4ccccc4c3c2-c2cccc(-c3ccc(-c4nc(-c5ccccc5)nc(-c5ccccc5)n4)cc3)c21.CC1(C)c2ccccc2-c2ccc(-c3nc(-c4ccccc4)nc(-c4cc5c(c6c4oc4ccccc46)-c4ccccc4C5(C)c4ccccc4)n3)cc21. The Hall–Kier alpha value is -17.7. The second kappa shape index (κ2) is 34.6. The molecule has 0 aliphatic heterocycles. The molecule has 7 aromatic heterocycles. The minimum absolute atomic E-state index is 0.155. The van der Waals surface area contributed by atoms with Gasteiger partial charge in [-0.25, -0.2) is 44.9 Å². The number of aromatic nitrogens is 10. The van der Waals surface area contributed by atoms with E-state index in [0.717, 1.165) is 99.6 Å². The van der Waals surface area contributed by atoms with Gasteiger partial charge in [-0.2, -0.15) is 0 Å². The topological polar surface area (TPSA) is 168 Å². The minimum Gasteiger partial charge on any atom is -0.456 e. The van der Waals surface area contributed by atoms with E-state index in [4.69, 9.17) is 58.1 Å². The Bertz CT molecular complexity index is 9220. The molecule has 0 amide bonds. The van der Waals surface area contributed by atoms with Crippen LogP contribution in [0.25, 0.3) is 224 Å². The third-order valence-electron chi connectivity index (χ3n) is 31.6. The van der Waals surface area contributed by atoms with Crippen molar-refractivity contribution >= 4 is 65.8 Å². The fourth-order valence-corrected chi connectivity index (χ4v) is 24.5. The smallest absolute Gasteiger partial charge is 0.182 e. The molecule has 0 fully saturated rings. The summed E-state index contributed by atoms with van der Waals surface area (Å²) in [5.41, 5.74) is 36.5. The van der Waals surface area contributed by atoms with Gasteiger partial charge in [0.05, 0.1) is 11.1 Å². The summed E-state index contributed by atoms with van der Waals surface area (Å²) in [6.45, 7) is 23.4. The van der Waals surface area contributed by atoms with Crippen LogP contribution in [0.2, 0.25) is 0 Å². The Kier molecular flexibility index (Phi) is 21.0. The highest BCUT2D eigenvalue weighted by molar-refractivity contribution is 6.21. The van der Waals surface area contributed by atoms with Crippen molar-refractivity contribution in [1.82, 2.24) is 49.8 Å². The quantitative estimate of drug-likeness (QED) is 0.101. The van der Waals surface area contributed by atoms with Gasteiger partial charge in [-0.05, 0) is 185 Å². The molecule has 13 heteroatoms. The maximum atomic E-state index is 6.87. The molecule has 17 aromatic carbocycles. The van der Waals surface area contributed by atoms with Crippen molar-refractivity contribution in [3.63, 3.8) is 0 Å². The number of benzene rings is 17. The second-order valence-corrected chi connectivity index (χ2v) is 40.7. The maximum Gasteiger partial charge on any atom is 0.182 e. The van der Waals surface area contributed by atoms with Crippen LogP contribution in [0.5, 0.6) is 0 Å². The summed E-state index contributed by atoms with van der Waals surface area (Å²) >= 11 is 0. The van der Waals surface area contributed by atoms with Crippen molar-refractivity contribution in [2.24, 2.45) is 17.8 Å². The zero-order chi connectivity index (χ0) is 98.6. The van der Waals surface area contributed by atoms with Crippen LogP contribution in [-0.4, -0.2) is 49.8 Å². The van der Waals surface area contributed by atoms with Gasteiger partial charge in [0.25, 0.3) is 0 Å². The molecule has 2 atom stereocenters. The van der Waals surface area contributed by atoms with Gasteiger partial charge in [0.1, 0.15) is 39.2 Å². The molecule has 2 unspecified atom stereocenters. The maximum absolute atomic E-state index is 6.87. The Morgan fingerprint density at radius 3 is 1.14 bits per heavy atom. The lowest BCUT2D eigenvalue weighted by Crippen LogP contribution is -2.37. The Balaban J connectivity index is 0.000000112. The van der Waals surface area contributed by atoms with Gasteiger partial charge in [0, 0.05) is 93.6 Å².